The lowest BCUT2D eigenvalue weighted by Crippen LogP contribution is -2.33. The van der Waals surface area contributed by atoms with E-state index in [2.05, 4.69) is 4.72 Å². The molecular formula is C14H16N2O4S. The highest BCUT2D eigenvalue weighted by Gasteiger charge is 2.33. The summed E-state index contributed by atoms with van der Waals surface area (Å²) in [6.07, 6.45) is 2.09. The van der Waals surface area contributed by atoms with Gasteiger partial charge in [-0.15, -0.1) is 0 Å². The summed E-state index contributed by atoms with van der Waals surface area (Å²) >= 11 is 0. The molecule has 7 heteroatoms. The van der Waals surface area contributed by atoms with Gasteiger partial charge in [-0.3, -0.25) is 4.79 Å². The van der Waals surface area contributed by atoms with Gasteiger partial charge in [-0.25, -0.2) is 13.1 Å². The van der Waals surface area contributed by atoms with Gasteiger partial charge in [0.2, 0.25) is 10.0 Å². The van der Waals surface area contributed by atoms with Gasteiger partial charge in [0.1, 0.15) is 0 Å². The highest BCUT2D eigenvalue weighted by molar-refractivity contribution is 7.89. The number of sulfonamides is 1. The van der Waals surface area contributed by atoms with Crippen molar-refractivity contribution in [1.82, 2.24) is 4.72 Å². The summed E-state index contributed by atoms with van der Waals surface area (Å²) in [5, 5.41) is 17.9. The van der Waals surface area contributed by atoms with Crippen LogP contribution in [0.5, 0.6) is 0 Å². The number of carboxylic acid groups (broad SMARTS) is 1. The van der Waals surface area contributed by atoms with Crippen molar-refractivity contribution in [1.29, 1.82) is 5.26 Å². The zero-order chi connectivity index (χ0) is 15.5. The van der Waals surface area contributed by atoms with Gasteiger partial charge in [0.15, 0.2) is 0 Å². The summed E-state index contributed by atoms with van der Waals surface area (Å²) in [6.45, 7) is 0.107. The van der Waals surface area contributed by atoms with Gasteiger partial charge in [0.25, 0.3) is 0 Å². The van der Waals surface area contributed by atoms with E-state index in [1.165, 1.54) is 24.3 Å². The molecule has 2 atom stereocenters. The minimum Gasteiger partial charge on any atom is -0.481 e. The molecule has 0 amide bonds. The van der Waals surface area contributed by atoms with E-state index in [1.807, 2.05) is 6.07 Å². The molecule has 112 valence electrons. The largest absolute Gasteiger partial charge is 0.481 e. The second-order valence-electron chi connectivity index (χ2n) is 5.13. The molecule has 1 saturated carbocycles. The zero-order valence-electron chi connectivity index (χ0n) is 11.3. The van der Waals surface area contributed by atoms with Gasteiger partial charge >= 0.3 is 5.97 Å². The molecule has 0 spiro atoms. The second-order valence-corrected chi connectivity index (χ2v) is 6.89. The molecular weight excluding hydrogens is 292 g/mol. The molecule has 1 fully saturated rings. The quantitative estimate of drug-likeness (QED) is 0.853. The fraction of sp³-hybridized carbons (Fsp3) is 0.429. The maximum atomic E-state index is 12.2. The molecule has 1 aliphatic rings. The monoisotopic (exact) mass is 308 g/mol. The Morgan fingerprint density at radius 1 is 1.43 bits per heavy atom. The molecule has 1 aromatic rings. The topological polar surface area (TPSA) is 107 Å². The number of carboxylic acids is 1. The number of hydrogen-bond acceptors (Lipinski definition) is 4. The predicted octanol–water partition coefficient (Wildman–Crippen LogP) is 1.34. The second kappa shape index (κ2) is 6.24. The number of nitrogens with one attached hydrogen (secondary N) is 1. The zero-order valence-corrected chi connectivity index (χ0v) is 12.1. The Labute approximate surface area is 123 Å². The van der Waals surface area contributed by atoms with Crippen LogP contribution in [0.1, 0.15) is 24.8 Å². The molecule has 2 unspecified atom stereocenters. The highest BCUT2D eigenvalue weighted by Crippen LogP contribution is 2.31. The molecule has 0 saturated heterocycles. The van der Waals surface area contributed by atoms with Gasteiger partial charge < -0.3 is 5.11 Å². The normalized spacial score (nSPS) is 21.9. The number of carbonyl (C=O) groups is 1. The van der Waals surface area contributed by atoms with Crippen molar-refractivity contribution in [3.8, 4) is 6.07 Å². The van der Waals surface area contributed by atoms with Crippen LogP contribution in [-0.4, -0.2) is 26.0 Å². The molecule has 0 aliphatic heterocycles. The Hall–Kier alpha value is -1.91. The third-order valence-corrected chi connectivity index (χ3v) is 5.21. The maximum Gasteiger partial charge on any atom is 0.306 e. The standard InChI is InChI=1S/C14H16N2O4S/c15-8-10-3-1-5-12(7-10)21(19,20)16-9-11-4-2-6-13(11)14(17)18/h1,3,5,7,11,13,16H,2,4,6,9H2,(H,17,18). The molecule has 0 bridgehead atoms. The van der Waals surface area contributed by atoms with E-state index >= 15 is 0 Å². The fourth-order valence-corrected chi connectivity index (χ4v) is 3.78. The van der Waals surface area contributed by atoms with E-state index in [0.29, 0.717) is 12.8 Å². The van der Waals surface area contributed by atoms with Crippen LogP contribution in [0.15, 0.2) is 29.2 Å². The van der Waals surface area contributed by atoms with Gasteiger partial charge in [-0.1, -0.05) is 12.5 Å². The van der Waals surface area contributed by atoms with Crippen molar-refractivity contribution in [3.05, 3.63) is 29.8 Å². The van der Waals surface area contributed by atoms with E-state index in [1.54, 1.807) is 0 Å². The summed E-state index contributed by atoms with van der Waals surface area (Å²) in [5.74, 6) is -1.54. The van der Waals surface area contributed by atoms with E-state index < -0.39 is 21.9 Å². The lowest BCUT2D eigenvalue weighted by molar-refractivity contribution is -0.142. The number of nitriles is 1. The highest BCUT2D eigenvalue weighted by atomic mass is 32.2. The number of nitrogens with zero attached hydrogens (tertiary/aromatic N) is 1. The third-order valence-electron chi connectivity index (χ3n) is 3.79. The molecule has 21 heavy (non-hydrogen) atoms. The van der Waals surface area contributed by atoms with Crippen molar-refractivity contribution in [2.45, 2.75) is 24.2 Å². The lowest BCUT2D eigenvalue weighted by Gasteiger charge is -2.16. The van der Waals surface area contributed by atoms with Gasteiger partial charge in [0.05, 0.1) is 22.4 Å². The van der Waals surface area contributed by atoms with E-state index in [9.17, 15) is 13.2 Å². The van der Waals surface area contributed by atoms with Gasteiger partial charge in [-0.05, 0) is 37.0 Å². The van der Waals surface area contributed by atoms with Crippen molar-refractivity contribution in [3.63, 3.8) is 0 Å². The average molecular weight is 308 g/mol. The van der Waals surface area contributed by atoms with Gasteiger partial charge in [0, 0.05) is 6.54 Å². The lowest BCUT2D eigenvalue weighted by atomic mass is 9.97. The Morgan fingerprint density at radius 2 is 2.19 bits per heavy atom. The van der Waals surface area contributed by atoms with E-state index in [-0.39, 0.29) is 22.9 Å². The summed E-state index contributed by atoms with van der Waals surface area (Å²) in [5.41, 5.74) is 0.266. The van der Waals surface area contributed by atoms with Crippen LogP contribution in [0.2, 0.25) is 0 Å². The first-order valence-electron chi connectivity index (χ1n) is 6.66. The SMILES string of the molecule is N#Cc1cccc(S(=O)(=O)NCC2CCCC2C(=O)O)c1. The molecule has 1 aromatic carbocycles. The minimum atomic E-state index is -3.72. The first-order chi connectivity index (χ1) is 9.94. The van der Waals surface area contributed by atoms with Crippen molar-refractivity contribution in [2.24, 2.45) is 11.8 Å². The van der Waals surface area contributed by atoms with Crippen LogP contribution < -0.4 is 4.72 Å². The van der Waals surface area contributed by atoms with Crippen LogP contribution in [0.3, 0.4) is 0 Å². The van der Waals surface area contributed by atoms with Crippen LogP contribution in [-0.2, 0) is 14.8 Å². The number of hydrogen-bond donors (Lipinski definition) is 2. The average Bonchev–Trinajstić information content (AvgIpc) is 2.94. The van der Waals surface area contributed by atoms with Crippen LogP contribution in [0.4, 0.5) is 0 Å². The molecule has 6 nitrogen and oxygen atoms in total. The Morgan fingerprint density at radius 3 is 2.86 bits per heavy atom. The van der Waals surface area contributed by atoms with Crippen molar-refractivity contribution in [2.75, 3.05) is 6.54 Å². The summed E-state index contributed by atoms with van der Waals surface area (Å²) in [6, 6.07) is 7.62. The Kier molecular flexibility index (Phi) is 4.60. The smallest absolute Gasteiger partial charge is 0.306 e. The van der Waals surface area contributed by atoms with Crippen molar-refractivity contribution < 1.29 is 18.3 Å². The van der Waals surface area contributed by atoms with E-state index in [4.69, 9.17) is 10.4 Å². The first-order valence-corrected chi connectivity index (χ1v) is 8.15. The number of benzene rings is 1. The van der Waals surface area contributed by atoms with Crippen LogP contribution >= 0.6 is 0 Å². The summed E-state index contributed by atoms with van der Waals surface area (Å²) < 4.78 is 26.8. The third kappa shape index (κ3) is 3.60. The fourth-order valence-electron chi connectivity index (χ4n) is 2.64. The first kappa shape index (κ1) is 15.5. The molecule has 1 aliphatic carbocycles. The minimum absolute atomic E-state index is 0.0198. The number of rotatable bonds is 5. The Balaban J connectivity index is 2.08. The molecule has 2 rings (SSSR count). The maximum absolute atomic E-state index is 12.2. The molecule has 2 N–H and O–H groups in total. The molecule has 0 heterocycles. The van der Waals surface area contributed by atoms with Gasteiger partial charge in [-0.2, -0.15) is 5.26 Å². The molecule has 0 aromatic heterocycles. The van der Waals surface area contributed by atoms with Crippen LogP contribution in [0.25, 0.3) is 0 Å². The Bertz CT molecular complexity index is 678. The van der Waals surface area contributed by atoms with Crippen LogP contribution in [0, 0.1) is 23.2 Å². The summed E-state index contributed by atoms with van der Waals surface area (Å²) in [4.78, 5) is 11.1. The van der Waals surface area contributed by atoms with Crippen molar-refractivity contribution >= 4 is 16.0 Å². The predicted molar refractivity (Wildman–Crippen MR) is 74.8 cm³/mol. The summed E-state index contributed by atoms with van der Waals surface area (Å²) in [7, 11) is -3.72. The number of aliphatic carboxylic acids is 1. The molecule has 0 radical (unpaired) electrons. The van der Waals surface area contributed by atoms with E-state index in [0.717, 1.165) is 6.42 Å².